The van der Waals surface area contributed by atoms with Gasteiger partial charge >= 0.3 is 18.2 Å². The van der Waals surface area contributed by atoms with Crippen molar-refractivity contribution in [3.05, 3.63) is 29.8 Å². The second-order valence-corrected chi connectivity index (χ2v) is 4.69. The van der Waals surface area contributed by atoms with E-state index in [1.165, 1.54) is 17.0 Å². The number of nitrogens with zero attached hydrogens (tertiary/aromatic N) is 1. The van der Waals surface area contributed by atoms with Gasteiger partial charge in [0.05, 0.1) is 13.7 Å². The third-order valence-electron chi connectivity index (χ3n) is 3.29. The average Bonchev–Trinajstić information content (AvgIpc) is 2.53. The molecule has 0 bridgehead atoms. The Hall–Kier alpha value is -2.29. The lowest BCUT2D eigenvalue weighted by Crippen LogP contribution is -2.49. The summed E-state index contributed by atoms with van der Waals surface area (Å²) < 4.78 is 48.4. The van der Waals surface area contributed by atoms with Gasteiger partial charge < -0.3 is 14.6 Å². The largest absolute Gasteiger partial charge is 0.466 e. The topological polar surface area (TPSA) is 76.1 Å². The molecular weight excluding hydrogens is 331 g/mol. The second kappa shape index (κ2) is 7.52. The first-order valence-electron chi connectivity index (χ1n) is 7.05. The van der Waals surface area contributed by atoms with Crippen molar-refractivity contribution < 1.29 is 37.3 Å². The molecule has 0 aliphatic heterocycles. The van der Waals surface area contributed by atoms with Crippen molar-refractivity contribution in [3.63, 3.8) is 0 Å². The number of ether oxygens (including phenoxy) is 2. The number of amides is 1. The summed E-state index contributed by atoms with van der Waals surface area (Å²) in [6.45, 7) is 3.64. The van der Waals surface area contributed by atoms with Gasteiger partial charge in [0.25, 0.3) is 5.60 Å². The summed E-state index contributed by atoms with van der Waals surface area (Å²) in [6, 6.07) is 4.16. The van der Waals surface area contributed by atoms with E-state index in [9.17, 15) is 27.9 Å². The number of esters is 1. The van der Waals surface area contributed by atoms with Gasteiger partial charge in [-0.2, -0.15) is 13.2 Å². The Balaban J connectivity index is 3.25. The normalized spacial score (nSPS) is 13.8. The third kappa shape index (κ3) is 3.61. The van der Waals surface area contributed by atoms with Crippen LogP contribution in [0.4, 0.5) is 23.7 Å². The van der Waals surface area contributed by atoms with E-state index in [4.69, 9.17) is 4.74 Å². The molecule has 0 spiro atoms. The fourth-order valence-electron chi connectivity index (χ4n) is 2.05. The maximum atomic E-state index is 13.1. The number of hydrogen-bond donors (Lipinski definition) is 1. The van der Waals surface area contributed by atoms with Gasteiger partial charge in [0.2, 0.25) is 0 Å². The highest BCUT2D eigenvalue weighted by atomic mass is 19.4. The molecule has 0 saturated heterocycles. The molecule has 1 atom stereocenters. The van der Waals surface area contributed by atoms with Crippen LogP contribution in [0.3, 0.4) is 0 Å². The van der Waals surface area contributed by atoms with Crippen LogP contribution >= 0.6 is 0 Å². The SMILES string of the molecule is CCOC(=O)N(CC)c1ccc([C@](O)(C(=O)OC)C(F)(F)F)cc1. The van der Waals surface area contributed by atoms with Crippen molar-refractivity contribution in [2.45, 2.75) is 25.6 Å². The summed E-state index contributed by atoms with van der Waals surface area (Å²) >= 11 is 0. The first-order chi connectivity index (χ1) is 11.1. The lowest BCUT2D eigenvalue weighted by Gasteiger charge is -2.28. The van der Waals surface area contributed by atoms with Crippen LogP contribution in [0.1, 0.15) is 19.4 Å². The van der Waals surface area contributed by atoms with E-state index in [-0.39, 0.29) is 18.8 Å². The molecule has 1 N–H and O–H groups in total. The number of carbonyl (C=O) groups excluding carboxylic acids is 2. The van der Waals surface area contributed by atoms with Crippen molar-refractivity contribution in [1.29, 1.82) is 0 Å². The Morgan fingerprint density at radius 3 is 2.08 bits per heavy atom. The van der Waals surface area contributed by atoms with Crippen LogP contribution in [0.5, 0.6) is 0 Å². The Morgan fingerprint density at radius 2 is 1.71 bits per heavy atom. The van der Waals surface area contributed by atoms with Crippen LogP contribution < -0.4 is 4.90 Å². The lowest BCUT2D eigenvalue weighted by molar-refractivity contribution is -0.266. The zero-order valence-corrected chi connectivity index (χ0v) is 13.4. The Labute approximate surface area is 136 Å². The maximum absolute atomic E-state index is 13.1. The summed E-state index contributed by atoms with van der Waals surface area (Å²) in [5.74, 6) is -1.85. The number of hydrogen-bond acceptors (Lipinski definition) is 5. The number of aliphatic hydroxyl groups is 1. The monoisotopic (exact) mass is 349 g/mol. The van der Waals surface area contributed by atoms with E-state index in [1.54, 1.807) is 13.8 Å². The Kier molecular flexibility index (Phi) is 6.19. The first-order valence-corrected chi connectivity index (χ1v) is 7.05. The zero-order valence-electron chi connectivity index (χ0n) is 13.4. The molecule has 0 unspecified atom stereocenters. The van der Waals surface area contributed by atoms with Gasteiger partial charge in [-0.1, -0.05) is 12.1 Å². The fraction of sp³-hybridized carbons (Fsp3) is 0.467. The van der Waals surface area contributed by atoms with Gasteiger partial charge in [-0.15, -0.1) is 0 Å². The zero-order chi connectivity index (χ0) is 18.5. The summed E-state index contributed by atoms with van der Waals surface area (Å²) in [7, 11) is 0.743. The van der Waals surface area contributed by atoms with Crippen LogP contribution in [0.25, 0.3) is 0 Å². The molecule has 1 amide bonds. The number of rotatable bonds is 5. The van der Waals surface area contributed by atoms with Crippen LogP contribution in [-0.2, 0) is 19.9 Å². The molecule has 0 saturated carbocycles. The van der Waals surface area contributed by atoms with Crippen LogP contribution in [0.15, 0.2) is 24.3 Å². The van der Waals surface area contributed by atoms with Crippen LogP contribution in [0, 0.1) is 0 Å². The van der Waals surface area contributed by atoms with Gasteiger partial charge in [-0.05, 0) is 26.0 Å². The van der Waals surface area contributed by atoms with E-state index in [0.717, 1.165) is 19.2 Å². The quantitative estimate of drug-likeness (QED) is 0.827. The van der Waals surface area contributed by atoms with Gasteiger partial charge in [0.1, 0.15) is 0 Å². The molecule has 24 heavy (non-hydrogen) atoms. The number of alkyl halides is 3. The number of halogens is 3. The van der Waals surface area contributed by atoms with Gasteiger partial charge in [-0.3, -0.25) is 4.90 Å². The number of anilines is 1. The minimum Gasteiger partial charge on any atom is -0.466 e. The standard InChI is InChI=1S/C15H18F3NO5/c1-4-19(13(21)24-5-2)11-8-6-10(7-9-11)14(22,12(20)23-3)15(16,17)18/h6-9,22H,4-5H2,1-3H3/t14-/m0/s1. The van der Waals surface area contributed by atoms with E-state index in [2.05, 4.69) is 4.74 Å². The molecule has 9 heteroatoms. The minimum absolute atomic E-state index is 0.142. The van der Waals surface area contributed by atoms with Gasteiger partial charge in [0, 0.05) is 17.8 Å². The maximum Gasteiger partial charge on any atom is 0.432 e. The molecule has 1 rings (SSSR count). The van der Waals surface area contributed by atoms with Crippen molar-refractivity contribution in [3.8, 4) is 0 Å². The number of benzene rings is 1. The molecule has 0 fully saturated rings. The molecule has 0 heterocycles. The summed E-state index contributed by atoms with van der Waals surface area (Å²) in [6.07, 6.45) is -5.93. The lowest BCUT2D eigenvalue weighted by atomic mass is 9.93. The predicted octanol–water partition coefficient (Wildman–Crippen LogP) is 2.59. The molecule has 1 aromatic carbocycles. The number of carbonyl (C=O) groups is 2. The van der Waals surface area contributed by atoms with Crippen LogP contribution in [0.2, 0.25) is 0 Å². The van der Waals surface area contributed by atoms with Crippen molar-refractivity contribution in [2.75, 3.05) is 25.2 Å². The molecule has 0 radical (unpaired) electrons. The van der Waals surface area contributed by atoms with Gasteiger partial charge in [-0.25, -0.2) is 9.59 Å². The van der Waals surface area contributed by atoms with E-state index < -0.39 is 29.4 Å². The molecule has 6 nitrogen and oxygen atoms in total. The Bertz CT molecular complexity index is 588. The minimum atomic E-state index is -5.27. The number of methoxy groups -OCH3 is 1. The predicted molar refractivity (Wildman–Crippen MR) is 78.5 cm³/mol. The molecule has 1 aromatic rings. The fourth-order valence-corrected chi connectivity index (χ4v) is 2.05. The van der Waals surface area contributed by atoms with E-state index in [1.807, 2.05) is 0 Å². The summed E-state index contributed by atoms with van der Waals surface area (Å²) in [5, 5.41) is 9.86. The molecule has 0 aliphatic carbocycles. The highest BCUT2D eigenvalue weighted by Crippen LogP contribution is 2.40. The average molecular weight is 349 g/mol. The smallest absolute Gasteiger partial charge is 0.432 e. The third-order valence-corrected chi connectivity index (χ3v) is 3.29. The van der Waals surface area contributed by atoms with Crippen molar-refractivity contribution in [2.24, 2.45) is 0 Å². The van der Waals surface area contributed by atoms with E-state index in [0.29, 0.717) is 0 Å². The highest BCUT2D eigenvalue weighted by Gasteiger charge is 2.62. The molecule has 0 aromatic heterocycles. The summed E-state index contributed by atoms with van der Waals surface area (Å²) in [4.78, 5) is 24.4. The first kappa shape index (κ1) is 19.8. The second-order valence-electron chi connectivity index (χ2n) is 4.69. The Morgan fingerprint density at radius 1 is 1.17 bits per heavy atom. The molecule has 0 aliphatic rings. The van der Waals surface area contributed by atoms with Crippen molar-refractivity contribution >= 4 is 17.7 Å². The molecular formula is C15H18F3NO5. The van der Waals surface area contributed by atoms with Crippen LogP contribution in [-0.4, -0.2) is 43.6 Å². The highest BCUT2D eigenvalue weighted by molar-refractivity contribution is 5.88. The van der Waals surface area contributed by atoms with Gasteiger partial charge in [0.15, 0.2) is 0 Å². The molecule has 134 valence electrons. The van der Waals surface area contributed by atoms with E-state index >= 15 is 0 Å². The van der Waals surface area contributed by atoms with Crippen molar-refractivity contribution in [1.82, 2.24) is 0 Å². The summed E-state index contributed by atoms with van der Waals surface area (Å²) in [5.41, 5.74) is -4.25.